The van der Waals surface area contributed by atoms with E-state index in [1.807, 2.05) is 12.4 Å². The Kier molecular flexibility index (Phi) is 9.28. The fourth-order valence-electron chi connectivity index (χ4n) is 2.23. The minimum Gasteiger partial charge on any atom is -0.357 e. The van der Waals surface area contributed by atoms with E-state index in [9.17, 15) is 0 Å². The van der Waals surface area contributed by atoms with Crippen molar-refractivity contribution < 1.29 is 0 Å². The fourth-order valence-corrected chi connectivity index (χ4v) is 2.93. The lowest BCUT2D eigenvalue weighted by molar-refractivity contribution is 0.699. The molecule has 0 bridgehead atoms. The molecule has 2 aromatic rings. The molecule has 1 unspecified atom stereocenters. The molecule has 0 fully saturated rings. The number of benzene rings is 1. The lowest BCUT2D eigenvalue weighted by Gasteiger charge is -2.16. The van der Waals surface area contributed by atoms with Crippen molar-refractivity contribution in [2.75, 3.05) is 13.1 Å². The number of thiazole rings is 1. The van der Waals surface area contributed by atoms with Gasteiger partial charge in [-0.3, -0.25) is 0 Å². The van der Waals surface area contributed by atoms with Crippen LogP contribution in [0.5, 0.6) is 0 Å². The molecule has 1 atom stereocenters. The van der Waals surface area contributed by atoms with Gasteiger partial charge in [-0.05, 0) is 32.3 Å². The van der Waals surface area contributed by atoms with Gasteiger partial charge in [0.05, 0.1) is 17.7 Å². The first-order valence-corrected chi connectivity index (χ1v) is 8.95. The molecule has 0 radical (unpaired) electrons. The van der Waals surface area contributed by atoms with Crippen molar-refractivity contribution >= 4 is 41.3 Å². The molecule has 0 aliphatic rings. The maximum atomic E-state index is 4.66. The van der Waals surface area contributed by atoms with Gasteiger partial charge in [-0.1, -0.05) is 36.8 Å². The molecule has 0 saturated heterocycles. The Morgan fingerprint density at radius 1 is 1.21 bits per heavy atom. The van der Waals surface area contributed by atoms with Crippen molar-refractivity contribution in [3.63, 3.8) is 0 Å². The number of aryl methyl sites for hydroxylation is 2. The maximum Gasteiger partial charge on any atom is 0.191 e. The normalized spacial score (nSPS) is 12.4. The van der Waals surface area contributed by atoms with E-state index < -0.39 is 0 Å². The monoisotopic (exact) mass is 458 g/mol. The van der Waals surface area contributed by atoms with Crippen LogP contribution in [0.1, 0.15) is 41.5 Å². The Morgan fingerprint density at radius 2 is 1.92 bits per heavy atom. The molecule has 1 aromatic carbocycles. The number of halogens is 1. The number of nitrogens with zero attached hydrogens (tertiary/aromatic N) is 2. The summed E-state index contributed by atoms with van der Waals surface area (Å²) in [6.45, 7) is 10.8. The van der Waals surface area contributed by atoms with E-state index in [2.05, 4.69) is 65.6 Å². The number of nitrogens with one attached hydrogen (secondary N) is 2. The number of guanidine groups is 1. The molecule has 2 N–H and O–H groups in total. The Hall–Kier alpha value is -1.15. The van der Waals surface area contributed by atoms with Gasteiger partial charge in [0.2, 0.25) is 0 Å². The van der Waals surface area contributed by atoms with Crippen molar-refractivity contribution in [1.29, 1.82) is 0 Å². The van der Waals surface area contributed by atoms with E-state index in [0.717, 1.165) is 24.7 Å². The van der Waals surface area contributed by atoms with Crippen LogP contribution in [0.25, 0.3) is 0 Å². The Bertz CT molecular complexity index is 637. The SMILES string of the molecule is CCNC(=NCc1scnc1C)NCC(C)c1ccc(C)cc1.I. The summed E-state index contributed by atoms with van der Waals surface area (Å²) in [5, 5.41) is 6.74. The van der Waals surface area contributed by atoms with Gasteiger partial charge in [-0.25, -0.2) is 9.98 Å². The minimum absolute atomic E-state index is 0. The number of aromatic nitrogens is 1. The van der Waals surface area contributed by atoms with E-state index in [0.29, 0.717) is 12.5 Å². The summed E-state index contributed by atoms with van der Waals surface area (Å²) in [7, 11) is 0. The van der Waals surface area contributed by atoms with Crippen molar-refractivity contribution in [3.8, 4) is 0 Å². The van der Waals surface area contributed by atoms with Crippen LogP contribution in [0, 0.1) is 13.8 Å². The zero-order valence-corrected chi connectivity index (χ0v) is 17.9. The molecule has 0 aliphatic carbocycles. The van der Waals surface area contributed by atoms with E-state index in [4.69, 9.17) is 0 Å². The molecular weight excluding hydrogens is 431 g/mol. The average Bonchev–Trinajstić information content (AvgIpc) is 2.95. The predicted octanol–water partition coefficient (Wildman–Crippen LogP) is 4.24. The van der Waals surface area contributed by atoms with E-state index in [1.54, 1.807) is 11.3 Å². The van der Waals surface area contributed by atoms with Crippen LogP contribution < -0.4 is 10.6 Å². The number of hydrogen-bond donors (Lipinski definition) is 2. The van der Waals surface area contributed by atoms with Gasteiger partial charge in [0.15, 0.2) is 5.96 Å². The van der Waals surface area contributed by atoms with Gasteiger partial charge < -0.3 is 10.6 Å². The molecule has 0 amide bonds. The van der Waals surface area contributed by atoms with Gasteiger partial charge in [-0.2, -0.15) is 0 Å². The van der Waals surface area contributed by atoms with Gasteiger partial charge >= 0.3 is 0 Å². The molecule has 132 valence electrons. The summed E-state index contributed by atoms with van der Waals surface area (Å²) >= 11 is 1.66. The van der Waals surface area contributed by atoms with Crippen molar-refractivity contribution in [2.24, 2.45) is 4.99 Å². The Labute approximate surface area is 166 Å². The van der Waals surface area contributed by atoms with E-state index >= 15 is 0 Å². The number of aliphatic imine (C=N–C) groups is 1. The molecule has 24 heavy (non-hydrogen) atoms. The van der Waals surface area contributed by atoms with Crippen LogP contribution >= 0.6 is 35.3 Å². The quantitative estimate of drug-likeness (QED) is 0.387. The topological polar surface area (TPSA) is 49.3 Å². The zero-order chi connectivity index (χ0) is 16.7. The van der Waals surface area contributed by atoms with Gasteiger partial charge in [0, 0.05) is 18.0 Å². The molecule has 2 rings (SSSR count). The van der Waals surface area contributed by atoms with Gasteiger partial charge in [0.1, 0.15) is 0 Å². The maximum absolute atomic E-state index is 4.66. The van der Waals surface area contributed by atoms with Crippen LogP contribution in [-0.2, 0) is 6.54 Å². The molecular formula is C18H27IN4S. The van der Waals surface area contributed by atoms with Crippen LogP contribution in [0.3, 0.4) is 0 Å². The second kappa shape index (κ2) is 10.7. The third-order valence-corrected chi connectivity index (χ3v) is 4.71. The van der Waals surface area contributed by atoms with Crippen molar-refractivity contribution in [3.05, 3.63) is 51.5 Å². The lowest BCUT2D eigenvalue weighted by atomic mass is 10.0. The molecule has 0 spiro atoms. The smallest absolute Gasteiger partial charge is 0.191 e. The number of hydrogen-bond acceptors (Lipinski definition) is 3. The minimum atomic E-state index is 0. The van der Waals surface area contributed by atoms with Gasteiger partial charge in [-0.15, -0.1) is 35.3 Å². The first-order chi connectivity index (χ1) is 11.1. The number of rotatable bonds is 6. The fraction of sp³-hybridized carbons (Fsp3) is 0.444. The van der Waals surface area contributed by atoms with Crippen LogP contribution in [-0.4, -0.2) is 24.0 Å². The first kappa shape index (κ1) is 20.9. The standard InChI is InChI=1S/C18H26N4S.HI/c1-5-19-18(21-11-17-15(4)22-12-23-17)20-10-14(3)16-8-6-13(2)7-9-16;/h6-9,12,14H,5,10-11H2,1-4H3,(H2,19,20,21);1H. The Balaban J connectivity index is 0.00000288. The molecule has 0 saturated carbocycles. The predicted molar refractivity (Wildman–Crippen MR) is 115 cm³/mol. The lowest BCUT2D eigenvalue weighted by Crippen LogP contribution is -2.39. The van der Waals surface area contributed by atoms with Gasteiger partial charge in [0.25, 0.3) is 0 Å². The first-order valence-electron chi connectivity index (χ1n) is 8.07. The van der Waals surface area contributed by atoms with Crippen LogP contribution in [0.15, 0.2) is 34.8 Å². The zero-order valence-electron chi connectivity index (χ0n) is 14.8. The largest absolute Gasteiger partial charge is 0.357 e. The second-order valence-electron chi connectivity index (χ2n) is 5.75. The van der Waals surface area contributed by atoms with E-state index in [-0.39, 0.29) is 24.0 Å². The second-order valence-corrected chi connectivity index (χ2v) is 6.69. The summed E-state index contributed by atoms with van der Waals surface area (Å²) in [6.07, 6.45) is 0. The highest BCUT2D eigenvalue weighted by molar-refractivity contribution is 14.0. The molecule has 1 aromatic heterocycles. The highest BCUT2D eigenvalue weighted by Gasteiger charge is 2.07. The van der Waals surface area contributed by atoms with Crippen LogP contribution in [0.2, 0.25) is 0 Å². The average molecular weight is 458 g/mol. The highest BCUT2D eigenvalue weighted by atomic mass is 127. The summed E-state index contributed by atoms with van der Waals surface area (Å²) < 4.78 is 0. The summed E-state index contributed by atoms with van der Waals surface area (Å²) in [6, 6.07) is 8.73. The van der Waals surface area contributed by atoms with Crippen LogP contribution in [0.4, 0.5) is 0 Å². The molecule has 1 heterocycles. The summed E-state index contributed by atoms with van der Waals surface area (Å²) in [4.78, 5) is 10.1. The van der Waals surface area contributed by atoms with E-state index in [1.165, 1.54) is 16.0 Å². The van der Waals surface area contributed by atoms with Crippen molar-refractivity contribution in [2.45, 2.75) is 40.2 Å². The summed E-state index contributed by atoms with van der Waals surface area (Å²) in [5.74, 6) is 1.30. The third-order valence-electron chi connectivity index (χ3n) is 3.79. The van der Waals surface area contributed by atoms with Crippen molar-refractivity contribution in [1.82, 2.24) is 15.6 Å². The molecule has 4 nitrogen and oxygen atoms in total. The molecule has 0 aliphatic heterocycles. The highest BCUT2D eigenvalue weighted by Crippen LogP contribution is 2.15. The molecule has 6 heteroatoms. The Morgan fingerprint density at radius 3 is 2.50 bits per heavy atom. The summed E-state index contributed by atoms with van der Waals surface area (Å²) in [5.41, 5.74) is 5.59. The third kappa shape index (κ3) is 6.39.